The fourth-order valence-corrected chi connectivity index (χ4v) is 13.4. The van der Waals surface area contributed by atoms with E-state index in [0.717, 1.165) is 0 Å². The van der Waals surface area contributed by atoms with Crippen molar-refractivity contribution in [2.24, 2.45) is 34.5 Å². The Bertz CT molecular complexity index is 1710. The molecular formula is C40H53NO14. The van der Waals surface area contributed by atoms with Crippen LogP contribution >= 0.6 is 0 Å². The molecule has 3 unspecified atom stereocenters. The Morgan fingerprint density at radius 2 is 1.42 bits per heavy atom. The largest absolute Gasteiger partial charge is 0.462 e. The summed E-state index contributed by atoms with van der Waals surface area (Å²) in [4.78, 5) is 69.8. The lowest BCUT2D eigenvalue weighted by Crippen LogP contribution is -2.82. The van der Waals surface area contributed by atoms with Gasteiger partial charge < -0.3 is 42.6 Å². The molecule has 7 rings (SSSR count). The van der Waals surface area contributed by atoms with E-state index >= 15 is 0 Å². The zero-order valence-corrected chi connectivity index (χ0v) is 32.9. The standard InChI is InChI=1S/C40H53NO14/c1-10-41-18-37(19-47-6)26(51-20(2)42)16-27(48-7)39-25-17-38(54-22(4)44)33(53-36(46)24-14-12-11-13-15-24)28(25)40(55-23(5)45,35(34(38)50-9)52-21(3)43)29(32(39)41)30(49-8)31(37)39/h11-15,25-35H,10,16-19H2,1-9H3/t25-,26-,27+,28-,29?,30+,31-,32?,33-,34+,35+,37+,38-,39?,40-/m1/s1. The van der Waals surface area contributed by atoms with Gasteiger partial charge in [-0.25, -0.2) is 4.79 Å². The molecule has 5 aliphatic carbocycles. The average molecular weight is 772 g/mol. The Morgan fingerprint density at radius 1 is 0.745 bits per heavy atom. The molecule has 1 aliphatic heterocycles. The number of hydrogen-bond acceptors (Lipinski definition) is 15. The number of piperidine rings is 1. The van der Waals surface area contributed by atoms with Crippen LogP contribution in [-0.2, 0) is 61.8 Å². The Labute approximate surface area is 320 Å². The van der Waals surface area contributed by atoms with Gasteiger partial charge in [0, 0.05) is 104 Å². The second-order valence-electron chi connectivity index (χ2n) is 16.1. The van der Waals surface area contributed by atoms with E-state index < -0.39 is 118 Å². The molecule has 0 N–H and O–H groups in total. The number of nitrogens with zero attached hydrogens (tertiary/aromatic N) is 1. The molecule has 6 aliphatic rings. The second-order valence-corrected chi connectivity index (χ2v) is 16.1. The fraction of sp³-hybridized carbons (Fsp3) is 0.725. The highest BCUT2D eigenvalue weighted by Crippen LogP contribution is 2.81. The van der Waals surface area contributed by atoms with E-state index in [1.54, 1.807) is 51.7 Å². The minimum Gasteiger partial charge on any atom is -0.462 e. The normalized spacial score (nSPS) is 43.3. The van der Waals surface area contributed by atoms with Gasteiger partial charge in [0.1, 0.15) is 12.2 Å². The number of likely N-dealkylation sites (tertiary alicyclic amines) is 1. The number of hydrogen-bond donors (Lipinski definition) is 0. The fourth-order valence-electron chi connectivity index (χ4n) is 13.4. The number of fused-ring (bicyclic) bond motifs is 2. The smallest absolute Gasteiger partial charge is 0.338 e. The first-order valence-electron chi connectivity index (χ1n) is 19.0. The third-order valence-corrected chi connectivity index (χ3v) is 14.0. The molecule has 7 bridgehead atoms. The van der Waals surface area contributed by atoms with Crippen LogP contribution in [0.2, 0.25) is 0 Å². The van der Waals surface area contributed by atoms with Gasteiger partial charge in [0.15, 0.2) is 23.4 Å². The minimum absolute atomic E-state index is 0.0537. The number of carbonyl (C=O) groups excluding carboxylic acids is 5. The maximum atomic E-state index is 14.2. The summed E-state index contributed by atoms with van der Waals surface area (Å²) in [5.41, 5.74) is -5.03. The first-order valence-corrected chi connectivity index (χ1v) is 19.0. The van der Waals surface area contributed by atoms with E-state index in [-0.39, 0.29) is 18.6 Å². The van der Waals surface area contributed by atoms with Crippen molar-refractivity contribution in [3.8, 4) is 0 Å². The molecule has 5 saturated carbocycles. The van der Waals surface area contributed by atoms with Gasteiger partial charge in [-0.05, 0) is 31.0 Å². The van der Waals surface area contributed by atoms with Crippen LogP contribution in [0.5, 0.6) is 0 Å². The predicted octanol–water partition coefficient (Wildman–Crippen LogP) is 2.36. The molecule has 0 amide bonds. The number of ether oxygens (including phenoxy) is 9. The predicted molar refractivity (Wildman–Crippen MR) is 189 cm³/mol. The molecule has 6 fully saturated rings. The molecule has 15 heteroatoms. The van der Waals surface area contributed by atoms with Crippen molar-refractivity contribution in [3.05, 3.63) is 35.9 Å². The molecule has 1 saturated heterocycles. The number of esters is 5. The van der Waals surface area contributed by atoms with Crippen LogP contribution in [0.1, 0.15) is 57.8 Å². The Balaban J connectivity index is 1.60. The molecule has 1 spiro atoms. The summed E-state index contributed by atoms with van der Waals surface area (Å²) in [6, 6.07) is 7.98. The summed E-state index contributed by atoms with van der Waals surface area (Å²) in [6.07, 6.45) is -5.56. The molecule has 0 radical (unpaired) electrons. The Hall–Kier alpha value is -3.63. The molecule has 55 heavy (non-hydrogen) atoms. The van der Waals surface area contributed by atoms with Crippen LogP contribution in [0.25, 0.3) is 0 Å². The van der Waals surface area contributed by atoms with Crippen molar-refractivity contribution >= 4 is 29.8 Å². The lowest BCUT2D eigenvalue weighted by molar-refractivity contribution is -0.325. The van der Waals surface area contributed by atoms with E-state index in [2.05, 4.69) is 4.90 Å². The van der Waals surface area contributed by atoms with Crippen LogP contribution in [0, 0.1) is 34.5 Å². The van der Waals surface area contributed by atoms with Crippen LogP contribution < -0.4 is 0 Å². The zero-order valence-electron chi connectivity index (χ0n) is 32.9. The molecular weight excluding hydrogens is 718 g/mol. The zero-order chi connectivity index (χ0) is 39.8. The monoisotopic (exact) mass is 771 g/mol. The van der Waals surface area contributed by atoms with Crippen LogP contribution in [0.15, 0.2) is 30.3 Å². The first-order chi connectivity index (χ1) is 26.2. The highest BCUT2D eigenvalue weighted by molar-refractivity contribution is 5.89. The van der Waals surface area contributed by atoms with E-state index in [9.17, 15) is 24.0 Å². The van der Waals surface area contributed by atoms with Crippen LogP contribution in [0.4, 0.5) is 0 Å². The van der Waals surface area contributed by atoms with Crippen molar-refractivity contribution in [1.29, 1.82) is 0 Å². The maximum absolute atomic E-state index is 14.2. The summed E-state index contributed by atoms with van der Waals surface area (Å²) in [5.74, 6) is -5.98. The Kier molecular flexibility index (Phi) is 10.1. The van der Waals surface area contributed by atoms with Gasteiger partial charge >= 0.3 is 29.8 Å². The molecule has 1 heterocycles. The van der Waals surface area contributed by atoms with Gasteiger partial charge in [-0.2, -0.15) is 0 Å². The lowest BCUT2D eigenvalue weighted by atomic mass is 9.42. The van der Waals surface area contributed by atoms with Gasteiger partial charge in [0.25, 0.3) is 0 Å². The maximum Gasteiger partial charge on any atom is 0.338 e. The van der Waals surface area contributed by atoms with Gasteiger partial charge in [0.05, 0.1) is 24.4 Å². The summed E-state index contributed by atoms with van der Waals surface area (Å²) in [5, 5.41) is 0. The third-order valence-electron chi connectivity index (χ3n) is 14.0. The van der Waals surface area contributed by atoms with Gasteiger partial charge in [-0.3, -0.25) is 24.1 Å². The third kappa shape index (κ3) is 5.21. The van der Waals surface area contributed by atoms with E-state index in [1.165, 1.54) is 34.8 Å². The summed E-state index contributed by atoms with van der Waals surface area (Å²) >= 11 is 0. The number of methoxy groups -OCH3 is 4. The number of benzene rings is 1. The Morgan fingerprint density at radius 3 is 1.96 bits per heavy atom. The van der Waals surface area contributed by atoms with Crippen molar-refractivity contribution < 1.29 is 66.6 Å². The number of carbonyl (C=O) groups is 5. The quantitative estimate of drug-likeness (QED) is 0.224. The SMILES string of the molecule is CCN1C[C@]2(COC)[C@H](OC(C)=O)C[C@H](OC)C34C1C([C@H](OC)[C@@H]32)[C@]1(OC(C)=O)[C@@H]2[C@H]4C[C@@](OC(C)=O)([C@@H]2OC(=O)c2ccccc2)[C@@H](OC)[C@@H]1OC(C)=O. The highest BCUT2D eigenvalue weighted by atomic mass is 16.7. The molecule has 1 aromatic carbocycles. The summed E-state index contributed by atoms with van der Waals surface area (Å²) in [6.45, 7) is 8.33. The second kappa shape index (κ2) is 14.1. The van der Waals surface area contributed by atoms with Crippen molar-refractivity contribution in [3.63, 3.8) is 0 Å². The van der Waals surface area contributed by atoms with E-state index in [4.69, 9.17) is 42.6 Å². The molecule has 302 valence electrons. The van der Waals surface area contributed by atoms with Crippen LogP contribution in [-0.4, -0.2) is 137 Å². The topological polar surface area (TPSA) is 172 Å². The van der Waals surface area contributed by atoms with Crippen molar-refractivity contribution in [2.75, 3.05) is 48.1 Å². The first kappa shape index (κ1) is 39.6. The average Bonchev–Trinajstić information content (AvgIpc) is 3.51. The summed E-state index contributed by atoms with van der Waals surface area (Å²) in [7, 11) is 6.23. The molecule has 15 atom stereocenters. The van der Waals surface area contributed by atoms with Gasteiger partial charge in [0.2, 0.25) is 0 Å². The highest BCUT2D eigenvalue weighted by Gasteiger charge is 2.93. The van der Waals surface area contributed by atoms with E-state index in [1.807, 2.05) is 6.92 Å². The minimum atomic E-state index is -1.77. The van der Waals surface area contributed by atoms with Gasteiger partial charge in [-0.15, -0.1) is 0 Å². The van der Waals surface area contributed by atoms with E-state index in [0.29, 0.717) is 19.5 Å². The molecule has 15 nitrogen and oxygen atoms in total. The van der Waals surface area contributed by atoms with Gasteiger partial charge in [-0.1, -0.05) is 25.1 Å². The van der Waals surface area contributed by atoms with Crippen molar-refractivity contribution in [2.45, 2.75) is 101 Å². The van der Waals surface area contributed by atoms with Crippen LogP contribution in [0.3, 0.4) is 0 Å². The molecule has 1 aromatic rings. The number of rotatable bonds is 12. The summed E-state index contributed by atoms with van der Waals surface area (Å²) < 4.78 is 57.9. The lowest BCUT2D eigenvalue weighted by Gasteiger charge is -2.70. The molecule has 0 aromatic heterocycles. The van der Waals surface area contributed by atoms with Crippen molar-refractivity contribution in [1.82, 2.24) is 4.90 Å².